The minimum Gasteiger partial charge on any atom is -0.396 e. The highest BCUT2D eigenvalue weighted by Gasteiger charge is 2.28. The van der Waals surface area contributed by atoms with Crippen molar-refractivity contribution < 1.29 is 18.3 Å². The van der Waals surface area contributed by atoms with E-state index in [9.17, 15) is 13.2 Å². The van der Waals surface area contributed by atoms with E-state index >= 15 is 0 Å². The SMILES string of the molecule is CC(C)=CC(=O)N(CCCO)S(=O)(=O)c1cccs1. The van der Waals surface area contributed by atoms with Gasteiger partial charge in [0.2, 0.25) is 0 Å². The van der Waals surface area contributed by atoms with Crippen molar-refractivity contribution in [1.82, 2.24) is 4.31 Å². The van der Waals surface area contributed by atoms with Crippen molar-refractivity contribution in [3.8, 4) is 0 Å². The van der Waals surface area contributed by atoms with Crippen molar-refractivity contribution in [3.05, 3.63) is 29.2 Å². The number of thiophene rings is 1. The lowest BCUT2D eigenvalue weighted by Gasteiger charge is -2.20. The van der Waals surface area contributed by atoms with Gasteiger partial charge in [-0.05, 0) is 31.7 Å². The number of hydrogen-bond donors (Lipinski definition) is 1. The average molecular weight is 303 g/mol. The van der Waals surface area contributed by atoms with E-state index in [2.05, 4.69) is 0 Å². The number of rotatable bonds is 6. The van der Waals surface area contributed by atoms with Crippen LogP contribution in [-0.4, -0.2) is 36.9 Å². The van der Waals surface area contributed by atoms with Gasteiger partial charge < -0.3 is 5.11 Å². The molecule has 0 radical (unpaired) electrons. The van der Waals surface area contributed by atoms with Crippen LogP contribution in [0.15, 0.2) is 33.4 Å². The van der Waals surface area contributed by atoms with Crippen LogP contribution in [0.1, 0.15) is 20.3 Å². The molecule has 0 aliphatic rings. The molecule has 1 rings (SSSR count). The van der Waals surface area contributed by atoms with Gasteiger partial charge in [0, 0.05) is 19.2 Å². The van der Waals surface area contributed by atoms with Crippen LogP contribution in [0.5, 0.6) is 0 Å². The monoisotopic (exact) mass is 303 g/mol. The average Bonchev–Trinajstić information content (AvgIpc) is 2.82. The minimum atomic E-state index is -3.83. The minimum absolute atomic E-state index is 0.0284. The summed E-state index contributed by atoms with van der Waals surface area (Å²) in [5.74, 6) is -0.582. The Labute approximate surface area is 117 Å². The molecule has 0 aliphatic heterocycles. The van der Waals surface area contributed by atoms with Gasteiger partial charge in [-0.15, -0.1) is 11.3 Å². The second-order valence-electron chi connectivity index (χ2n) is 4.15. The van der Waals surface area contributed by atoms with Gasteiger partial charge in [-0.3, -0.25) is 4.79 Å². The molecule has 1 aromatic rings. The van der Waals surface area contributed by atoms with Crippen LogP contribution in [0.4, 0.5) is 0 Å². The lowest BCUT2D eigenvalue weighted by Crippen LogP contribution is -2.36. The van der Waals surface area contributed by atoms with Crippen molar-refractivity contribution in [2.75, 3.05) is 13.2 Å². The van der Waals surface area contributed by atoms with E-state index in [1.807, 2.05) is 0 Å². The Morgan fingerprint density at radius 2 is 2.16 bits per heavy atom. The van der Waals surface area contributed by atoms with Gasteiger partial charge in [0.15, 0.2) is 0 Å². The van der Waals surface area contributed by atoms with Gasteiger partial charge in [0.25, 0.3) is 15.9 Å². The molecule has 0 saturated heterocycles. The maximum Gasteiger partial charge on any atom is 0.276 e. The predicted molar refractivity (Wildman–Crippen MR) is 74.4 cm³/mol. The Hall–Kier alpha value is -1.18. The molecule has 0 bridgehead atoms. The Kier molecular flexibility index (Phi) is 5.71. The molecule has 0 atom stereocenters. The topological polar surface area (TPSA) is 74.7 Å². The summed E-state index contributed by atoms with van der Waals surface area (Å²) in [4.78, 5) is 12.0. The summed E-state index contributed by atoms with van der Waals surface area (Å²) in [5.41, 5.74) is 0.723. The third kappa shape index (κ3) is 4.15. The zero-order chi connectivity index (χ0) is 14.5. The molecule has 0 aliphatic carbocycles. The molecule has 0 fully saturated rings. The summed E-state index contributed by atoms with van der Waals surface area (Å²) < 4.78 is 25.6. The van der Waals surface area contributed by atoms with Gasteiger partial charge >= 0.3 is 0 Å². The first-order valence-corrected chi connectivity index (χ1v) is 8.07. The summed E-state index contributed by atoms with van der Waals surface area (Å²) in [7, 11) is -3.83. The number of nitrogens with zero attached hydrogens (tertiary/aromatic N) is 1. The van der Waals surface area contributed by atoms with E-state index in [1.54, 1.807) is 25.3 Å². The van der Waals surface area contributed by atoms with E-state index in [-0.39, 0.29) is 23.8 Å². The first-order valence-electron chi connectivity index (χ1n) is 5.75. The van der Waals surface area contributed by atoms with E-state index < -0.39 is 15.9 Å². The molecule has 1 amide bonds. The molecule has 1 heterocycles. The molecule has 1 aromatic heterocycles. The number of carbonyl (C=O) groups is 1. The number of carbonyl (C=O) groups excluding carboxylic acids is 1. The summed E-state index contributed by atoms with van der Waals surface area (Å²) in [6, 6.07) is 3.08. The zero-order valence-corrected chi connectivity index (χ0v) is 12.5. The summed E-state index contributed by atoms with van der Waals surface area (Å²) in [5, 5.41) is 10.5. The van der Waals surface area contributed by atoms with Crippen molar-refractivity contribution in [3.63, 3.8) is 0 Å². The first-order chi connectivity index (χ1) is 8.89. The number of sulfonamides is 1. The summed E-state index contributed by atoms with van der Waals surface area (Å²) in [6.07, 6.45) is 1.50. The molecule has 0 aromatic carbocycles. The Bertz CT molecular complexity index is 542. The number of amides is 1. The van der Waals surface area contributed by atoms with Crippen LogP contribution >= 0.6 is 11.3 Å². The third-order valence-corrected chi connectivity index (χ3v) is 5.39. The van der Waals surface area contributed by atoms with E-state index in [1.165, 1.54) is 12.1 Å². The first kappa shape index (κ1) is 15.9. The molecular formula is C12H17NO4S2. The highest BCUT2D eigenvalue weighted by Crippen LogP contribution is 2.21. The number of aliphatic hydroxyl groups is 1. The van der Waals surface area contributed by atoms with E-state index in [0.29, 0.717) is 0 Å². The van der Waals surface area contributed by atoms with Crippen LogP contribution in [0, 0.1) is 0 Å². The number of aliphatic hydroxyl groups excluding tert-OH is 1. The normalized spacial score (nSPS) is 11.1. The summed E-state index contributed by atoms with van der Waals surface area (Å²) in [6.45, 7) is 3.25. The molecule has 1 N–H and O–H groups in total. The standard InChI is InChI=1S/C12H17NO4S2/c1-10(2)9-11(15)13(6-4-7-14)19(16,17)12-5-3-8-18-12/h3,5,8-9,14H,4,6-7H2,1-2H3. The van der Waals surface area contributed by atoms with Gasteiger partial charge in [-0.2, -0.15) is 0 Å². The van der Waals surface area contributed by atoms with E-state index in [4.69, 9.17) is 5.11 Å². The van der Waals surface area contributed by atoms with Crippen LogP contribution in [-0.2, 0) is 14.8 Å². The van der Waals surface area contributed by atoms with Crippen LogP contribution in [0.3, 0.4) is 0 Å². The smallest absolute Gasteiger partial charge is 0.276 e. The molecule has 7 heteroatoms. The van der Waals surface area contributed by atoms with Crippen molar-refractivity contribution >= 4 is 27.3 Å². The molecule has 0 saturated carbocycles. The largest absolute Gasteiger partial charge is 0.396 e. The fourth-order valence-electron chi connectivity index (χ4n) is 1.40. The van der Waals surface area contributed by atoms with Crippen molar-refractivity contribution in [1.29, 1.82) is 0 Å². The van der Waals surface area contributed by atoms with Crippen LogP contribution < -0.4 is 0 Å². The maximum absolute atomic E-state index is 12.3. The Morgan fingerprint density at radius 3 is 2.63 bits per heavy atom. The molecule has 106 valence electrons. The number of allylic oxidation sites excluding steroid dienone is 1. The predicted octanol–water partition coefficient (Wildman–Crippen LogP) is 1.61. The van der Waals surface area contributed by atoms with Gasteiger partial charge in [-0.1, -0.05) is 11.6 Å². The second kappa shape index (κ2) is 6.83. The molecule has 0 spiro atoms. The third-order valence-electron chi connectivity index (χ3n) is 2.22. The Morgan fingerprint density at radius 1 is 1.47 bits per heavy atom. The quantitative estimate of drug-likeness (QED) is 0.810. The molecule has 0 unspecified atom stereocenters. The fraction of sp³-hybridized carbons (Fsp3) is 0.417. The lowest BCUT2D eigenvalue weighted by molar-refractivity contribution is -0.121. The van der Waals surface area contributed by atoms with Crippen molar-refractivity contribution in [2.45, 2.75) is 24.5 Å². The lowest BCUT2D eigenvalue weighted by atomic mass is 10.3. The van der Waals surface area contributed by atoms with Gasteiger partial charge in [0.1, 0.15) is 4.21 Å². The van der Waals surface area contributed by atoms with Crippen molar-refractivity contribution in [2.24, 2.45) is 0 Å². The molecule has 19 heavy (non-hydrogen) atoms. The second-order valence-corrected chi connectivity index (χ2v) is 7.18. The maximum atomic E-state index is 12.3. The molecule has 5 nitrogen and oxygen atoms in total. The number of hydrogen-bond acceptors (Lipinski definition) is 5. The van der Waals surface area contributed by atoms with Crippen LogP contribution in [0.2, 0.25) is 0 Å². The van der Waals surface area contributed by atoms with Gasteiger partial charge in [-0.25, -0.2) is 12.7 Å². The van der Waals surface area contributed by atoms with Crippen LogP contribution in [0.25, 0.3) is 0 Å². The fourth-order valence-corrected chi connectivity index (χ4v) is 3.90. The Balaban J connectivity index is 3.10. The van der Waals surface area contributed by atoms with Gasteiger partial charge in [0.05, 0.1) is 0 Å². The van der Waals surface area contributed by atoms with E-state index in [0.717, 1.165) is 21.2 Å². The highest BCUT2D eigenvalue weighted by molar-refractivity contribution is 7.91. The summed E-state index contributed by atoms with van der Waals surface area (Å²) >= 11 is 1.06. The molecular weight excluding hydrogens is 286 g/mol. The zero-order valence-electron chi connectivity index (χ0n) is 10.9. The highest BCUT2D eigenvalue weighted by atomic mass is 32.2.